The van der Waals surface area contributed by atoms with Crippen molar-refractivity contribution in [1.29, 1.82) is 0 Å². The lowest BCUT2D eigenvalue weighted by Gasteiger charge is -2.37. The zero-order valence-electron chi connectivity index (χ0n) is 27.3. The summed E-state index contributed by atoms with van der Waals surface area (Å²) in [5.41, 5.74) is 1.63. The van der Waals surface area contributed by atoms with Crippen LogP contribution in [0, 0.1) is 6.92 Å². The van der Waals surface area contributed by atoms with Gasteiger partial charge in [0.15, 0.2) is 22.6 Å². The minimum Gasteiger partial charge on any atom is -0.504 e. The molecule has 4 heterocycles. The molecular formula is C34H34ClF3N8O4. The molecule has 4 aromatic rings. The summed E-state index contributed by atoms with van der Waals surface area (Å²) >= 11 is 6.11. The van der Waals surface area contributed by atoms with Gasteiger partial charge < -0.3 is 24.8 Å². The van der Waals surface area contributed by atoms with Crippen LogP contribution in [-0.2, 0) is 23.9 Å². The first-order valence-corrected chi connectivity index (χ1v) is 16.6. The molecule has 1 aromatic carbocycles. The molecule has 16 heteroatoms. The summed E-state index contributed by atoms with van der Waals surface area (Å²) in [7, 11) is 0. The molecule has 2 N–H and O–H groups in total. The minimum absolute atomic E-state index is 0.00412. The van der Waals surface area contributed by atoms with E-state index in [2.05, 4.69) is 20.3 Å². The summed E-state index contributed by atoms with van der Waals surface area (Å²) in [5.74, 6) is -1.36. The molecule has 2 fully saturated rings. The van der Waals surface area contributed by atoms with Gasteiger partial charge in [0.2, 0.25) is 11.3 Å². The third-order valence-corrected chi connectivity index (χ3v) is 9.27. The van der Waals surface area contributed by atoms with Crippen LogP contribution in [0.5, 0.6) is 5.75 Å². The van der Waals surface area contributed by atoms with Crippen molar-refractivity contribution in [3.05, 3.63) is 79.9 Å². The number of pyridine rings is 1. The quantitative estimate of drug-likeness (QED) is 0.258. The fourth-order valence-corrected chi connectivity index (χ4v) is 6.61. The monoisotopic (exact) mass is 710 g/mol. The summed E-state index contributed by atoms with van der Waals surface area (Å²) in [6, 6.07) is 2.66. The second kappa shape index (κ2) is 14.1. The number of nitrogens with zero attached hydrogens (tertiary/aromatic N) is 7. The van der Waals surface area contributed by atoms with Crippen molar-refractivity contribution in [3.8, 4) is 5.75 Å². The standard InChI is InChI=1S/C34H34ClF3N8O4/c1-3-25-29(44-10-12-45(13-11-44)33(50)28-30(48)19(2)40-18-41-28)31(49)27-32(39-16-22(42-27)14-20-6-4-5-7-20)46(25)17-26(47)43-24-9-8-21(15-23(24)35)34(36,37)38/h8-9,14-16,18,48H,3-7,10-13,17H2,1-2H3,(H,43,47). The van der Waals surface area contributed by atoms with Crippen LogP contribution in [0.15, 0.2) is 41.1 Å². The topological polar surface area (TPSA) is 146 Å². The first-order valence-electron chi connectivity index (χ1n) is 16.2. The van der Waals surface area contributed by atoms with Crippen LogP contribution >= 0.6 is 11.6 Å². The number of fused-ring (bicyclic) bond motifs is 1. The number of carbonyl (C=O) groups is 2. The van der Waals surface area contributed by atoms with Gasteiger partial charge in [-0.25, -0.2) is 19.9 Å². The molecule has 50 heavy (non-hydrogen) atoms. The number of aryl methyl sites for hydroxylation is 1. The number of halogens is 4. The maximum Gasteiger partial charge on any atom is 0.416 e. The Hall–Kier alpha value is -5.05. The van der Waals surface area contributed by atoms with E-state index in [4.69, 9.17) is 16.6 Å². The number of benzene rings is 1. The zero-order chi connectivity index (χ0) is 35.7. The first-order chi connectivity index (χ1) is 23.8. The van der Waals surface area contributed by atoms with E-state index in [1.807, 2.05) is 17.9 Å². The number of amides is 2. The number of nitrogens with one attached hydrogen (secondary N) is 1. The predicted molar refractivity (Wildman–Crippen MR) is 181 cm³/mol. The van der Waals surface area contributed by atoms with Gasteiger partial charge in [-0.05, 0) is 63.3 Å². The lowest BCUT2D eigenvalue weighted by atomic mass is 10.1. The van der Waals surface area contributed by atoms with Crippen LogP contribution < -0.4 is 15.6 Å². The Morgan fingerprint density at radius 3 is 2.46 bits per heavy atom. The number of hydrogen-bond acceptors (Lipinski definition) is 9. The van der Waals surface area contributed by atoms with E-state index < -0.39 is 23.6 Å². The predicted octanol–water partition coefficient (Wildman–Crippen LogP) is 5.39. The van der Waals surface area contributed by atoms with Crippen molar-refractivity contribution in [2.24, 2.45) is 0 Å². The van der Waals surface area contributed by atoms with Crippen LogP contribution in [-0.4, -0.2) is 72.5 Å². The van der Waals surface area contributed by atoms with Gasteiger partial charge in [0.25, 0.3) is 5.91 Å². The molecule has 0 radical (unpaired) electrons. The maximum atomic E-state index is 14.3. The lowest BCUT2D eigenvalue weighted by Crippen LogP contribution is -2.50. The highest BCUT2D eigenvalue weighted by molar-refractivity contribution is 6.33. The number of aromatic nitrogens is 5. The number of piperazine rings is 1. The molecule has 6 rings (SSSR count). The molecule has 1 aliphatic carbocycles. The maximum absolute atomic E-state index is 14.3. The average molecular weight is 711 g/mol. The van der Waals surface area contributed by atoms with E-state index in [9.17, 15) is 32.7 Å². The zero-order valence-corrected chi connectivity index (χ0v) is 28.1. The van der Waals surface area contributed by atoms with E-state index in [-0.39, 0.29) is 77.2 Å². The molecular weight excluding hydrogens is 677 g/mol. The Labute approximate surface area is 289 Å². The molecule has 2 amide bonds. The van der Waals surface area contributed by atoms with Gasteiger partial charge >= 0.3 is 6.18 Å². The Bertz CT molecular complexity index is 2070. The highest BCUT2D eigenvalue weighted by Crippen LogP contribution is 2.34. The number of anilines is 2. The summed E-state index contributed by atoms with van der Waals surface area (Å²) in [5, 5.41) is 12.7. The number of allylic oxidation sites excluding steroid dienone is 1. The van der Waals surface area contributed by atoms with Crippen LogP contribution in [0.3, 0.4) is 0 Å². The number of rotatable bonds is 7. The summed E-state index contributed by atoms with van der Waals surface area (Å²) in [6.07, 6.45) is 4.44. The molecule has 0 atom stereocenters. The SMILES string of the molecule is CCc1c(N2CCN(C(=O)c3ncnc(C)c3O)CC2)c(=O)c2nc(C=C3CCCC3)cnc2n1CC(=O)Nc1ccc(C(F)(F)F)cc1Cl. The van der Waals surface area contributed by atoms with Crippen LogP contribution in [0.4, 0.5) is 24.5 Å². The van der Waals surface area contributed by atoms with Crippen molar-refractivity contribution >= 4 is 52.0 Å². The smallest absolute Gasteiger partial charge is 0.416 e. The molecule has 1 aliphatic heterocycles. The van der Waals surface area contributed by atoms with E-state index in [1.165, 1.54) is 16.8 Å². The van der Waals surface area contributed by atoms with Gasteiger partial charge in [0.1, 0.15) is 18.6 Å². The summed E-state index contributed by atoms with van der Waals surface area (Å²) in [6.45, 7) is 4.00. The van der Waals surface area contributed by atoms with Crippen molar-refractivity contribution in [3.63, 3.8) is 0 Å². The number of alkyl halides is 3. The fourth-order valence-electron chi connectivity index (χ4n) is 6.38. The molecule has 3 aromatic heterocycles. The van der Waals surface area contributed by atoms with Crippen LogP contribution in [0.1, 0.15) is 65.7 Å². The molecule has 0 unspecified atom stereocenters. The first kappa shape index (κ1) is 34.8. The second-order valence-electron chi connectivity index (χ2n) is 12.2. The van der Waals surface area contributed by atoms with Crippen LogP contribution in [0.2, 0.25) is 5.02 Å². The lowest BCUT2D eigenvalue weighted by molar-refractivity contribution is -0.137. The van der Waals surface area contributed by atoms with E-state index >= 15 is 0 Å². The number of carbonyl (C=O) groups excluding carboxylic acids is 2. The van der Waals surface area contributed by atoms with E-state index in [0.717, 1.165) is 43.9 Å². The molecule has 0 spiro atoms. The number of aromatic hydroxyl groups is 1. The van der Waals surface area contributed by atoms with Gasteiger partial charge in [-0.15, -0.1) is 0 Å². The van der Waals surface area contributed by atoms with Gasteiger partial charge in [-0.3, -0.25) is 14.4 Å². The minimum atomic E-state index is -4.60. The van der Waals surface area contributed by atoms with Crippen molar-refractivity contribution in [1.82, 2.24) is 29.4 Å². The van der Waals surface area contributed by atoms with E-state index in [0.29, 0.717) is 23.5 Å². The third-order valence-electron chi connectivity index (χ3n) is 8.95. The van der Waals surface area contributed by atoms with Crippen molar-refractivity contribution in [2.45, 2.75) is 58.7 Å². The fraction of sp³-hybridized carbons (Fsp3) is 0.382. The number of hydrogen-bond donors (Lipinski definition) is 2. The van der Waals surface area contributed by atoms with Gasteiger partial charge in [-0.1, -0.05) is 24.1 Å². The highest BCUT2D eigenvalue weighted by atomic mass is 35.5. The largest absolute Gasteiger partial charge is 0.504 e. The molecule has 1 saturated heterocycles. The van der Waals surface area contributed by atoms with Gasteiger partial charge in [0, 0.05) is 31.9 Å². The Morgan fingerprint density at radius 2 is 1.80 bits per heavy atom. The van der Waals surface area contributed by atoms with Gasteiger partial charge in [-0.2, -0.15) is 13.2 Å². The van der Waals surface area contributed by atoms with Crippen LogP contribution in [0.25, 0.3) is 17.2 Å². The molecule has 2 aliphatic rings. The molecule has 262 valence electrons. The molecule has 1 saturated carbocycles. The average Bonchev–Trinajstić information content (AvgIpc) is 3.60. The van der Waals surface area contributed by atoms with Gasteiger partial charge in [0.05, 0.1) is 33.9 Å². The summed E-state index contributed by atoms with van der Waals surface area (Å²) in [4.78, 5) is 61.5. The second-order valence-corrected chi connectivity index (χ2v) is 12.6. The Balaban J connectivity index is 1.35. The Kier molecular flexibility index (Phi) is 9.78. The normalized spacial score (nSPS) is 15.1. The van der Waals surface area contributed by atoms with Crippen molar-refractivity contribution in [2.75, 3.05) is 36.4 Å². The third kappa shape index (κ3) is 6.99. The highest BCUT2D eigenvalue weighted by Gasteiger charge is 2.32. The molecule has 0 bridgehead atoms. The Morgan fingerprint density at radius 1 is 1.08 bits per heavy atom. The molecule has 12 nitrogen and oxygen atoms in total. The van der Waals surface area contributed by atoms with E-state index in [1.54, 1.807) is 17.7 Å². The van der Waals surface area contributed by atoms with Crippen molar-refractivity contribution < 1.29 is 27.9 Å². The summed E-state index contributed by atoms with van der Waals surface area (Å²) < 4.78 is 41.2.